The van der Waals surface area contributed by atoms with E-state index in [0.717, 1.165) is 6.42 Å². The van der Waals surface area contributed by atoms with Crippen LogP contribution in [-0.2, 0) is 27.1 Å². The van der Waals surface area contributed by atoms with Gasteiger partial charge in [0.1, 0.15) is 0 Å². The molecule has 1 aromatic carbocycles. The fourth-order valence-electron chi connectivity index (χ4n) is 1.86. The molecule has 0 atom stereocenters. The van der Waals surface area contributed by atoms with Gasteiger partial charge in [-0.3, -0.25) is 6.08 Å². The molecule has 1 aliphatic rings. The molecule has 0 N–H and O–H groups in total. The topological polar surface area (TPSA) is 0 Å². The smallest absolute Gasteiger partial charge is 1.00 e. The standard InChI is InChI=1S/C14H15.3ClH.Ti/c1-14(2,13-10-6-7-11-13)12-8-4-3-5-9-12;;;;/h3-9H,10H2,1-2H3;3*1H;/q-1;;;;+4/p-3. The maximum absolute atomic E-state index is 3.33. The van der Waals surface area contributed by atoms with Crippen LogP contribution in [0.3, 0.4) is 0 Å². The molecule has 0 spiro atoms. The molecule has 96 valence electrons. The molecule has 1 aromatic rings. The summed E-state index contributed by atoms with van der Waals surface area (Å²) in [5.74, 6) is 0. The Morgan fingerprint density at radius 2 is 1.56 bits per heavy atom. The molecule has 0 aliphatic heterocycles. The summed E-state index contributed by atoms with van der Waals surface area (Å²) in [4.78, 5) is 0. The third kappa shape index (κ3) is 5.11. The summed E-state index contributed by atoms with van der Waals surface area (Å²) in [6.45, 7) is 4.52. The first-order valence-corrected chi connectivity index (χ1v) is 5.04. The first-order valence-electron chi connectivity index (χ1n) is 5.04. The number of halogens is 3. The molecule has 0 fully saturated rings. The summed E-state index contributed by atoms with van der Waals surface area (Å²) < 4.78 is 0. The number of hydrogen-bond donors (Lipinski definition) is 0. The Morgan fingerprint density at radius 1 is 1.00 bits per heavy atom. The number of allylic oxidation sites excluding steroid dienone is 4. The molecule has 0 unspecified atom stereocenters. The predicted octanol–water partition coefficient (Wildman–Crippen LogP) is -5.34. The summed E-state index contributed by atoms with van der Waals surface area (Å²) in [6.07, 6.45) is 8.57. The van der Waals surface area contributed by atoms with Crippen LogP contribution in [0.25, 0.3) is 0 Å². The quantitative estimate of drug-likeness (QED) is 0.374. The van der Waals surface area contributed by atoms with E-state index >= 15 is 0 Å². The molecule has 0 bridgehead atoms. The second-order valence-corrected chi connectivity index (χ2v) is 4.22. The normalized spacial score (nSPS) is 12.2. The van der Waals surface area contributed by atoms with Crippen LogP contribution in [0, 0.1) is 6.08 Å². The van der Waals surface area contributed by atoms with E-state index in [0.29, 0.717) is 0 Å². The molecule has 0 amide bonds. The van der Waals surface area contributed by atoms with Crippen LogP contribution in [-0.4, -0.2) is 0 Å². The number of hydrogen-bond acceptors (Lipinski definition) is 0. The molecule has 0 aromatic heterocycles. The van der Waals surface area contributed by atoms with Gasteiger partial charge in [0.25, 0.3) is 0 Å². The fraction of sp³-hybridized carbons (Fsp3) is 0.286. The van der Waals surface area contributed by atoms with E-state index < -0.39 is 0 Å². The van der Waals surface area contributed by atoms with Gasteiger partial charge in [0, 0.05) is 0 Å². The Kier molecular flexibility index (Phi) is 13.1. The molecule has 0 saturated heterocycles. The van der Waals surface area contributed by atoms with Crippen molar-refractivity contribution in [3.05, 3.63) is 59.7 Å². The zero-order chi connectivity index (χ0) is 10.0. The molecule has 0 saturated carbocycles. The average molecular weight is 338 g/mol. The Bertz CT molecular complexity index is 383. The monoisotopic (exact) mass is 336 g/mol. The van der Waals surface area contributed by atoms with Crippen molar-refractivity contribution in [2.45, 2.75) is 25.7 Å². The van der Waals surface area contributed by atoms with Crippen molar-refractivity contribution in [1.29, 1.82) is 0 Å². The van der Waals surface area contributed by atoms with E-state index in [9.17, 15) is 0 Å². The van der Waals surface area contributed by atoms with Crippen molar-refractivity contribution in [1.82, 2.24) is 0 Å². The SMILES string of the molecule is CC(C)(C1=[C-]C=CC1)c1ccccc1.[Cl-].[Cl-].[Cl-].[Ti+4]. The molecule has 0 heterocycles. The Balaban J connectivity index is -0.000000562. The number of rotatable bonds is 2. The minimum atomic E-state index is 0. The van der Waals surface area contributed by atoms with Gasteiger partial charge in [-0.15, -0.1) is 0 Å². The van der Waals surface area contributed by atoms with E-state index in [1.165, 1.54) is 11.1 Å². The van der Waals surface area contributed by atoms with Gasteiger partial charge >= 0.3 is 21.7 Å². The summed E-state index contributed by atoms with van der Waals surface area (Å²) in [6, 6.07) is 10.6. The summed E-state index contributed by atoms with van der Waals surface area (Å²) in [5, 5.41) is 0. The Labute approximate surface area is 143 Å². The molecular formula is C14H15Cl3Ti. The van der Waals surface area contributed by atoms with Gasteiger partial charge in [-0.2, -0.15) is 5.57 Å². The molecule has 0 nitrogen and oxygen atoms in total. The van der Waals surface area contributed by atoms with E-state index in [-0.39, 0.29) is 64.4 Å². The van der Waals surface area contributed by atoms with Crippen LogP contribution in [0.4, 0.5) is 0 Å². The second kappa shape index (κ2) is 10.1. The van der Waals surface area contributed by atoms with Crippen molar-refractivity contribution in [2.75, 3.05) is 0 Å². The summed E-state index contributed by atoms with van der Waals surface area (Å²) >= 11 is 0. The summed E-state index contributed by atoms with van der Waals surface area (Å²) in [7, 11) is 0. The zero-order valence-corrected chi connectivity index (χ0v) is 14.2. The molecule has 0 radical (unpaired) electrons. The van der Waals surface area contributed by atoms with Gasteiger partial charge in [0.2, 0.25) is 0 Å². The molecule has 1 aliphatic carbocycles. The van der Waals surface area contributed by atoms with E-state index in [2.05, 4.69) is 56.3 Å². The Morgan fingerprint density at radius 3 is 2.00 bits per heavy atom. The molecular weight excluding hydrogens is 322 g/mol. The van der Waals surface area contributed by atoms with Crippen LogP contribution in [0.2, 0.25) is 0 Å². The zero-order valence-electron chi connectivity index (χ0n) is 10.4. The third-order valence-corrected chi connectivity index (χ3v) is 2.95. The van der Waals surface area contributed by atoms with Gasteiger partial charge < -0.3 is 37.2 Å². The summed E-state index contributed by atoms with van der Waals surface area (Å²) in [5.41, 5.74) is 2.86. The van der Waals surface area contributed by atoms with Crippen LogP contribution < -0.4 is 37.2 Å². The maximum atomic E-state index is 3.33. The van der Waals surface area contributed by atoms with Crippen molar-refractivity contribution in [2.24, 2.45) is 0 Å². The van der Waals surface area contributed by atoms with Crippen molar-refractivity contribution in [3.8, 4) is 0 Å². The van der Waals surface area contributed by atoms with E-state index in [1.807, 2.05) is 6.08 Å². The second-order valence-electron chi connectivity index (χ2n) is 4.22. The van der Waals surface area contributed by atoms with Gasteiger partial charge in [-0.1, -0.05) is 50.6 Å². The van der Waals surface area contributed by atoms with Gasteiger partial charge in [0.15, 0.2) is 0 Å². The predicted molar refractivity (Wildman–Crippen MR) is 60.0 cm³/mol. The van der Waals surface area contributed by atoms with E-state index in [4.69, 9.17) is 0 Å². The maximum Gasteiger partial charge on any atom is 4.00 e. The van der Waals surface area contributed by atoms with Crippen molar-refractivity contribution >= 4 is 0 Å². The van der Waals surface area contributed by atoms with Crippen LogP contribution in [0.15, 0.2) is 48.1 Å². The average Bonchev–Trinajstić information content (AvgIpc) is 2.72. The fourth-order valence-corrected chi connectivity index (χ4v) is 1.86. The Hall–Kier alpha value is 0.284. The first-order chi connectivity index (χ1) is 6.71. The van der Waals surface area contributed by atoms with Gasteiger partial charge in [-0.05, 0) is 11.0 Å². The first kappa shape index (κ1) is 23.4. The molecule has 2 rings (SSSR count). The minimum Gasteiger partial charge on any atom is -1.00 e. The third-order valence-electron chi connectivity index (χ3n) is 2.95. The van der Waals surface area contributed by atoms with E-state index in [1.54, 1.807) is 0 Å². The van der Waals surface area contributed by atoms with Crippen LogP contribution in [0.1, 0.15) is 25.8 Å². The van der Waals surface area contributed by atoms with Gasteiger partial charge in [-0.25, -0.2) is 12.2 Å². The molecule has 18 heavy (non-hydrogen) atoms. The van der Waals surface area contributed by atoms with Crippen LogP contribution in [0.5, 0.6) is 0 Å². The van der Waals surface area contributed by atoms with Crippen molar-refractivity contribution < 1.29 is 58.9 Å². The minimum absolute atomic E-state index is 0. The largest absolute Gasteiger partial charge is 4.00 e. The number of benzene rings is 1. The molecule has 4 heteroatoms. The van der Waals surface area contributed by atoms with Crippen LogP contribution >= 0.6 is 0 Å². The van der Waals surface area contributed by atoms with Crippen molar-refractivity contribution in [3.63, 3.8) is 0 Å². The van der Waals surface area contributed by atoms with Gasteiger partial charge in [0.05, 0.1) is 0 Å².